The standard InChI is InChI=1S/C21H20N2O6/c1-27-15-8-4-13(5-9-15)18-19(29-21(23-18)20(22)26)14-6-10-16(11-7-14)28-12-2-3-17(24)25/h4-11H,2-3,12H2,1H3,(H2,22,26)(H,24,25). The summed E-state index contributed by atoms with van der Waals surface area (Å²) in [5.74, 6) is -0.103. The highest BCUT2D eigenvalue weighted by Gasteiger charge is 2.20. The molecule has 8 nitrogen and oxygen atoms in total. The Morgan fingerprint density at radius 3 is 2.24 bits per heavy atom. The van der Waals surface area contributed by atoms with Gasteiger partial charge in [0.25, 0.3) is 5.89 Å². The van der Waals surface area contributed by atoms with Gasteiger partial charge in [0.05, 0.1) is 13.7 Å². The van der Waals surface area contributed by atoms with Crippen LogP contribution in [0.2, 0.25) is 0 Å². The van der Waals surface area contributed by atoms with Gasteiger partial charge in [0.2, 0.25) is 0 Å². The molecule has 29 heavy (non-hydrogen) atoms. The van der Waals surface area contributed by atoms with Crippen LogP contribution in [0.25, 0.3) is 22.6 Å². The number of carboxylic acids is 1. The summed E-state index contributed by atoms with van der Waals surface area (Å²) in [4.78, 5) is 26.3. The molecule has 3 aromatic rings. The maximum Gasteiger partial charge on any atom is 0.304 e. The number of carboxylic acid groups (broad SMARTS) is 1. The highest BCUT2D eigenvalue weighted by molar-refractivity contribution is 5.90. The second-order valence-electron chi connectivity index (χ2n) is 6.16. The first kappa shape index (κ1) is 19.9. The van der Waals surface area contributed by atoms with E-state index in [1.807, 2.05) is 12.1 Å². The average Bonchev–Trinajstić information content (AvgIpc) is 3.17. The van der Waals surface area contributed by atoms with Crippen LogP contribution < -0.4 is 15.2 Å². The minimum atomic E-state index is -0.856. The third-order valence-electron chi connectivity index (χ3n) is 4.12. The number of aliphatic carboxylic acids is 1. The molecule has 3 rings (SSSR count). The number of aromatic nitrogens is 1. The number of carbonyl (C=O) groups is 2. The average molecular weight is 396 g/mol. The van der Waals surface area contributed by atoms with Crippen molar-refractivity contribution >= 4 is 11.9 Å². The van der Waals surface area contributed by atoms with Crippen LogP contribution in [-0.2, 0) is 4.79 Å². The lowest BCUT2D eigenvalue weighted by atomic mass is 10.1. The quantitative estimate of drug-likeness (QED) is 0.531. The molecule has 1 amide bonds. The zero-order valence-corrected chi connectivity index (χ0v) is 15.8. The Hall–Kier alpha value is -3.81. The van der Waals surface area contributed by atoms with Gasteiger partial charge in [0.15, 0.2) is 5.76 Å². The van der Waals surface area contributed by atoms with Crippen LogP contribution in [0, 0.1) is 0 Å². The number of primary amides is 1. The van der Waals surface area contributed by atoms with Gasteiger partial charge in [0, 0.05) is 17.5 Å². The van der Waals surface area contributed by atoms with E-state index in [1.165, 1.54) is 0 Å². The third-order valence-corrected chi connectivity index (χ3v) is 4.12. The van der Waals surface area contributed by atoms with E-state index in [2.05, 4.69) is 4.98 Å². The maximum absolute atomic E-state index is 11.6. The van der Waals surface area contributed by atoms with Gasteiger partial charge in [0.1, 0.15) is 17.2 Å². The molecule has 0 radical (unpaired) electrons. The molecule has 0 saturated carbocycles. The summed E-state index contributed by atoms with van der Waals surface area (Å²) in [5, 5.41) is 8.65. The Morgan fingerprint density at radius 2 is 1.66 bits per heavy atom. The molecular weight excluding hydrogens is 376 g/mol. The summed E-state index contributed by atoms with van der Waals surface area (Å²) in [6.07, 6.45) is 0.472. The molecular formula is C21H20N2O6. The van der Waals surface area contributed by atoms with E-state index >= 15 is 0 Å². The summed E-state index contributed by atoms with van der Waals surface area (Å²) >= 11 is 0. The summed E-state index contributed by atoms with van der Waals surface area (Å²) in [6, 6.07) is 14.2. The van der Waals surface area contributed by atoms with Gasteiger partial charge in [-0.25, -0.2) is 4.98 Å². The molecule has 0 fully saturated rings. The lowest BCUT2D eigenvalue weighted by Crippen LogP contribution is -2.10. The highest BCUT2D eigenvalue weighted by atomic mass is 16.5. The van der Waals surface area contributed by atoms with Gasteiger partial charge in [-0.15, -0.1) is 0 Å². The van der Waals surface area contributed by atoms with E-state index in [4.69, 9.17) is 24.7 Å². The molecule has 0 aliphatic carbocycles. The van der Waals surface area contributed by atoms with Crippen molar-refractivity contribution in [2.45, 2.75) is 12.8 Å². The molecule has 0 unspecified atom stereocenters. The molecule has 0 aliphatic rings. The molecule has 0 aliphatic heterocycles. The van der Waals surface area contributed by atoms with Crippen molar-refractivity contribution in [2.24, 2.45) is 5.73 Å². The van der Waals surface area contributed by atoms with Crippen molar-refractivity contribution in [1.29, 1.82) is 0 Å². The Bertz CT molecular complexity index is 993. The molecule has 2 aromatic carbocycles. The van der Waals surface area contributed by atoms with Crippen molar-refractivity contribution in [1.82, 2.24) is 4.98 Å². The highest BCUT2D eigenvalue weighted by Crippen LogP contribution is 2.34. The Labute approximate surface area is 166 Å². The van der Waals surface area contributed by atoms with E-state index in [1.54, 1.807) is 43.5 Å². The minimum absolute atomic E-state index is 0.0528. The van der Waals surface area contributed by atoms with Crippen LogP contribution in [-0.4, -0.2) is 35.7 Å². The van der Waals surface area contributed by atoms with E-state index in [0.717, 1.165) is 5.56 Å². The monoisotopic (exact) mass is 396 g/mol. The number of oxazole rings is 1. The number of benzene rings is 2. The third kappa shape index (κ3) is 4.92. The summed E-state index contributed by atoms with van der Waals surface area (Å²) < 4.78 is 16.3. The number of amides is 1. The number of carbonyl (C=O) groups excluding carboxylic acids is 1. The number of nitrogens with zero attached hydrogens (tertiary/aromatic N) is 1. The van der Waals surface area contributed by atoms with E-state index in [-0.39, 0.29) is 12.3 Å². The lowest BCUT2D eigenvalue weighted by Gasteiger charge is -2.07. The van der Waals surface area contributed by atoms with Crippen LogP contribution in [0.1, 0.15) is 23.5 Å². The molecule has 1 aromatic heterocycles. The zero-order chi connectivity index (χ0) is 20.8. The summed E-state index contributed by atoms with van der Waals surface area (Å²) in [6.45, 7) is 0.302. The molecule has 8 heteroatoms. The fraction of sp³-hybridized carbons (Fsp3) is 0.190. The van der Waals surface area contributed by atoms with Crippen molar-refractivity contribution < 1.29 is 28.6 Å². The molecule has 0 atom stereocenters. The molecule has 1 heterocycles. The fourth-order valence-corrected chi connectivity index (χ4v) is 2.68. The second kappa shape index (κ2) is 8.92. The van der Waals surface area contributed by atoms with Crippen molar-refractivity contribution in [3.05, 3.63) is 54.4 Å². The van der Waals surface area contributed by atoms with Crippen molar-refractivity contribution in [3.63, 3.8) is 0 Å². The predicted octanol–water partition coefficient (Wildman–Crippen LogP) is 3.36. The lowest BCUT2D eigenvalue weighted by molar-refractivity contribution is -0.137. The van der Waals surface area contributed by atoms with Gasteiger partial charge >= 0.3 is 11.9 Å². The fourth-order valence-electron chi connectivity index (χ4n) is 2.68. The van der Waals surface area contributed by atoms with Gasteiger partial charge in [-0.2, -0.15) is 0 Å². The van der Waals surface area contributed by atoms with Gasteiger partial charge in [-0.05, 0) is 55.0 Å². The van der Waals surface area contributed by atoms with Gasteiger partial charge in [-0.3, -0.25) is 9.59 Å². The van der Waals surface area contributed by atoms with Gasteiger partial charge in [-0.1, -0.05) is 0 Å². The molecule has 0 saturated heterocycles. The summed E-state index contributed by atoms with van der Waals surface area (Å²) in [7, 11) is 1.58. The minimum Gasteiger partial charge on any atom is -0.497 e. The van der Waals surface area contributed by atoms with Crippen LogP contribution >= 0.6 is 0 Å². The molecule has 0 bridgehead atoms. The van der Waals surface area contributed by atoms with Crippen LogP contribution in [0.15, 0.2) is 52.9 Å². The Kier molecular flexibility index (Phi) is 6.13. The number of ether oxygens (including phenoxy) is 2. The second-order valence-corrected chi connectivity index (χ2v) is 6.16. The SMILES string of the molecule is COc1ccc(-c2nc(C(N)=O)oc2-c2ccc(OCCCC(=O)O)cc2)cc1. The smallest absolute Gasteiger partial charge is 0.304 e. The first-order valence-electron chi connectivity index (χ1n) is 8.88. The van der Waals surface area contributed by atoms with Crippen LogP contribution in [0.4, 0.5) is 0 Å². The topological polar surface area (TPSA) is 125 Å². The number of rotatable bonds is 9. The summed E-state index contributed by atoms with van der Waals surface area (Å²) in [5.41, 5.74) is 7.25. The Morgan fingerprint density at radius 1 is 1.03 bits per heavy atom. The molecule has 3 N–H and O–H groups in total. The number of hydrogen-bond donors (Lipinski definition) is 2. The van der Waals surface area contributed by atoms with E-state index in [9.17, 15) is 9.59 Å². The number of methoxy groups -OCH3 is 1. The normalized spacial score (nSPS) is 10.5. The Balaban J connectivity index is 1.85. The number of nitrogens with two attached hydrogens (primary N) is 1. The molecule has 0 spiro atoms. The van der Waals surface area contributed by atoms with Crippen molar-refractivity contribution in [2.75, 3.05) is 13.7 Å². The predicted molar refractivity (Wildman–Crippen MR) is 105 cm³/mol. The van der Waals surface area contributed by atoms with Crippen LogP contribution in [0.5, 0.6) is 11.5 Å². The van der Waals surface area contributed by atoms with E-state index in [0.29, 0.717) is 41.5 Å². The molecule has 150 valence electrons. The zero-order valence-electron chi connectivity index (χ0n) is 15.8. The maximum atomic E-state index is 11.6. The van der Waals surface area contributed by atoms with E-state index < -0.39 is 11.9 Å². The van der Waals surface area contributed by atoms with Gasteiger partial charge < -0.3 is 24.7 Å². The first-order valence-corrected chi connectivity index (χ1v) is 8.88. The van der Waals surface area contributed by atoms with Crippen LogP contribution in [0.3, 0.4) is 0 Å². The van der Waals surface area contributed by atoms with Crippen molar-refractivity contribution in [3.8, 4) is 34.1 Å². The first-order chi connectivity index (χ1) is 14.0. The largest absolute Gasteiger partial charge is 0.497 e. The number of hydrogen-bond acceptors (Lipinski definition) is 6.